The number of anilines is 2. The van der Waals surface area contributed by atoms with Gasteiger partial charge in [-0.3, -0.25) is 14.9 Å². The number of nitrogens with one attached hydrogen (secondary N) is 1. The molecule has 0 unspecified atom stereocenters. The molecule has 3 N–H and O–H groups in total. The fraction of sp³-hybridized carbons (Fsp3) is 0. The van der Waals surface area contributed by atoms with E-state index < -0.39 is 16.5 Å². The molecule has 2 aromatic rings. The van der Waals surface area contributed by atoms with E-state index in [0.717, 1.165) is 12.3 Å². The van der Waals surface area contributed by atoms with Gasteiger partial charge in [0.15, 0.2) is 0 Å². The summed E-state index contributed by atoms with van der Waals surface area (Å²) in [5, 5.41) is 13.9. The van der Waals surface area contributed by atoms with Gasteiger partial charge in [0.25, 0.3) is 11.6 Å². The van der Waals surface area contributed by atoms with Crippen LogP contribution in [0.15, 0.2) is 34.9 Å². The standard InChI is InChI=1S/C12H8BrClN4O3/c13-8-3-6(1-2-9(8)14)17-12(19)7-4-11(15)16-5-10(7)18(20)21/h1-5H,(H2,15,16)(H,17,19). The molecule has 0 atom stereocenters. The fourth-order valence-electron chi connectivity index (χ4n) is 1.56. The van der Waals surface area contributed by atoms with Crippen molar-refractivity contribution in [3.63, 3.8) is 0 Å². The zero-order valence-corrected chi connectivity index (χ0v) is 12.7. The molecule has 0 aliphatic carbocycles. The molecule has 9 heteroatoms. The minimum atomic E-state index is -0.695. The molecule has 1 amide bonds. The van der Waals surface area contributed by atoms with Crippen LogP contribution in [0.5, 0.6) is 0 Å². The van der Waals surface area contributed by atoms with Crippen LogP contribution >= 0.6 is 27.5 Å². The van der Waals surface area contributed by atoms with Gasteiger partial charge in [-0.1, -0.05) is 11.6 Å². The Morgan fingerprint density at radius 1 is 1.43 bits per heavy atom. The van der Waals surface area contributed by atoms with Crippen molar-refractivity contribution in [1.29, 1.82) is 0 Å². The third kappa shape index (κ3) is 3.47. The minimum Gasteiger partial charge on any atom is -0.384 e. The van der Waals surface area contributed by atoms with E-state index in [1.54, 1.807) is 18.2 Å². The average Bonchev–Trinajstić information content (AvgIpc) is 2.42. The zero-order valence-electron chi connectivity index (χ0n) is 10.3. The third-order valence-corrected chi connectivity index (χ3v) is 3.74. The van der Waals surface area contributed by atoms with Crippen LogP contribution in [0.1, 0.15) is 10.4 Å². The lowest BCUT2D eigenvalue weighted by Crippen LogP contribution is -2.15. The number of aromatic nitrogens is 1. The number of amides is 1. The van der Waals surface area contributed by atoms with Crippen molar-refractivity contribution < 1.29 is 9.72 Å². The number of hydrogen-bond acceptors (Lipinski definition) is 5. The van der Waals surface area contributed by atoms with Gasteiger partial charge in [-0.05, 0) is 40.2 Å². The van der Waals surface area contributed by atoms with E-state index in [1.165, 1.54) is 0 Å². The van der Waals surface area contributed by atoms with Gasteiger partial charge < -0.3 is 11.1 Å². The van der Waals surface area contributed by atoms with E-state index in [9.17, 15) is 14.9 Å². The number of carbonyl (C=O) groups is 1. The average molecular weight is 372 g/mol. The number of halogens is 2. The molecular weight excluding hydrogens is 364 g/mol. The van der Waals surface area contributed by atoms with E-state index in [4.69, 9.17) is 17.3 Å². The van der Waals surface area contributed by atoms with Crippen molar-refractivity contribution in [2.45, 2.75) is 0 Å². The van der Waals surface area contributed by atoms with Gasteiger partial charge in [-0.15, -0.1) is 0 Å². The highest BCUT2D eigenvalue weighted by molar-refractivity contribution is 9.10. The van der Waals surface area contributed by atoms with Gasteiger partial charge in [0.1, 0.15) is 17.6 Å². The molecule has 0 spiro atoms. The molecular formula is C12H8BrClN4O3. The molecule has 21 heavy (non-hydrogen) atoms. The van der Waals surface area contributed by atoms with Crippen molar-refractivity contribution in [3.05, 3.63) is 55.6 Å². The van der Waals surface area contributed by atoms with Crippen LogP contribution in [-0.2, 0) is 0 Å². The highest BCUT2D eigenvalue weighted by Crippen LogP contribution is 2.26. The molecule has 1 heterocycles. The summed E-state index contributed by atoms with van der Waals surface area (Å²) in [5.74, 6) is -0.645. The first-order valence-corrected chi connectivity index (χ1v) is 6.72. The van der Waals surface area contributed by atoms with Crippen LogP contribution in [0, 0.1) is 10.1 Å². The number of nitrogens with zero attached hydrogens (tertiary/aromatic N) is 2. The first-order valence-electron chi connectivity index (χ1n) is 5.55. The van der Waals surface area contributed by atoms with Gasteiger partial charge in [0.05, 0.1) is 9.95 Å². The summed E-state index contributed by atoms with van der Waals surface area (Å²) in [6, 6.07) is 5.88. The predicted molar refractivity (Wildman–Crippen MR) is 82.4 cm³/mol. The Bertz CT molecular complexity index is 738. The molecule has 0 fully saturated rings. The normalized spacial score (nSPS) is 10.2. The second-order valence-corrected chi connectivity index (χ2v) is 5.23. The number of rotatable bonds is 3. The first-order chi connectivity index (χ1) is 9.88. The zero-order chi connectivity index (χ0) is 15.6. The Kier molecular flexibility index (Phi) is 4.39. The highest BCUT2D eigenvalue weighted by atomic mass is 79.9. The Balaban J connectivity index is 2.34. The first kappa shape index (κ1) is 15.2. The minimum absolute atomic E-state index is 0.0167. The number of nitro groups is 1. The molecule has 2 rings (SSSR count). The van der Waals surface area contributed by atoms with Gasteiger partial charge in [0.2, 0.25) is 0 Å². The van der Waals surface area contributed by atoms with E-state index in [1.807, 2.05) is 0 Å². The maximum atomic E-state index is 12.1. The Morgan fingerprint density at radius 3 is 2.76 bits per heavy atom. The molecule has 7 nitrogen and oxygen atoms in total. The summed E-state index contributed by atoms with van der Waals surface area (Å²) in [4.78, 5) is 26.0. The smallest absolute Gasteiger partial charge is 0.300 e. The topological polar surface area (TPSA) is 111 Å². The summed E-state index contributed by atoms with van der Waals surface area (Å²) < 4.78 is 0.589. The van der Waals surface area contributed by atoms with Crippen molar-refractivity contribution in [2.75, 3.05) is 11.1 Å². The number of benzene rings is 1. The van der Waals surface area contributed by atoms with Gasteiger partial charge >= 0.3 is 0 Å². The molecule has 0 bridgehead atoms. The Labute approximate surface area is 132 Å². The number of hydrogen-bond donors (Lipinski definition) is 2. The largest absolute Gasteiger partial charge is 0.384 e. The van der Waals surface area contributed by atoms with Crippen LogP contribution in [0.3, 0.4) is 0 Å². The molecule has 0 saturated heterocycles. The lowest BCUT2D eigenvalue weighted by Gasteiger charge is -2.07. The predicted octanol–water partition coefficient (Wildman–Crippen LogP) is 3.24. The lowest BCUT2D eigenvalue weighted by molar-refractivity contribution is -0.385. The summed E-state index contributed by atoms with van der Waals surface area (Å²) in [7, 11) is 0. The van der Waals surface area contributed by atoms with Crippen LogP contribution in [0.2, 0.25) is 5.02 Å². The van der Waals surface area contributed by atoms with Crippen molar-refractivity contribution in [3.8, 4) is 0 Å². The summed E-state index contributed by atoms with van der Waals surface area (Å²) in [6.07, 6.45) is 0.946. The van der Waals surface area contributed by atoms with E-state index in [2.05, 4.69) is 26.2 Å². The van der Waals surface area contributed by atoms with Gasteiger partial charge in [-0.25, -0.2) is 4.98 Å². The summed E-state index contributed by atoms with van der Waals surface area (Å²) >= 11 is 9.07. The van der Waals surface area contributed by atoms with E-state index in [0.29, 0.717) is 15.2 Å². The van der Waals surface area contributed by atoms with Gasteiger partial charge in [0, 0.05) is 10.2 Å². The maximum absolute atomic E-state index is 12.1. The van der Waals surface area contributed by atoms with Gasteiger partial charge in [-0.2, -0.15) is 0 Å². The SMILES string of the molecule is Nc1cc(C(=O)Nc2ccc(Cl)c(Br)c2)c([N+](=O)[O-])cn1. The van der Waals surface area contributed by atoms with Crippen LogP contribution in [0.25, 0.3) is 0 Å². The second-order valence-electron chi connectivity index (χ2n) is 3.97. The van der Waals surface area contributed by atoms with Crippen LogP contribution < -0.4 is 11.1 Å². The second kappa shape index (κ2) is 6.06. The molecule has 0 aliphatic rings. The van der Waals surface area contributed by atoms with E-state index >= 15 is 0 Å². The molecule has 0 aliphatic heterocycles. The monoisotopic (exact) mass is 370 g/mol. The van der Waals surface area contributed by atoms with Crippen LogP contribution in [0.4, 0.5) is 17.2 Å². The summed E-state index contributed by atoms with van der Waals surface area (Å²) in [5.41, 5.74) is 5.31. The molecule has 1 aromatic heterocycles. The van der Waals surface area contributed by atoms with Crippen molar-refractivity contribution >= 4 is 50.6 Å². The van der Waals surface area contributed by atoms with Crippen molar-refractivity contribution in [2.24, 2.45) is 0 Å². The molecule has 108 valence electrons. The fourth-order valence-corrected chi connectivity index (χ4v) is 2.06. The van der Waals surface area contributed by atoms with E-state index in [-0.39, 0.29) is 11.4 Å². The molecule has 1 aromatic carbocycles. The van der Waals surface area contributed by atoms with Crippen molar-refractivity contribution in [1.82, 2.24) is 4.98 Å². The Hall–Kier alpha value is -2.19. The number of nitrogens with two attached hydrogens (primary N) is 1. The van der Waals surface area contributed by atoms with Crippen LogP contribution in [-0.4, -0.2) is 15.8 Å². The Morgan fingerprint density at radius 2 is 2.14 bits per heavy atom. The number of pyridine rings is 1. The molecule has 0 radical (unpaired) electrons. The highest BCUT2D eigenvalue weighted by Gasteiger charge is 2.21. The summed E-state index contributed by atoms with van der Waals surface area (Å²) in [6.45, 7) is 0. The number of nitrogen functional groups attached to an aromatic ring is 1. The molecule has 0 saturated carbocycles. The third-order valence-electron chi connectivity index (χ3n) is 2.52. The lowest BCUT2D eigenvalue weighted by atomic mass is 10.2. The maximum Gasteiger partial charge on any atom is 0.300 e. The number of carbonyl (C=O) groups excluding carboxylic acids is 1. The quantitative estimate of drug-likeness (QED) is 0.635.